The molecular formula is C24H28FN3O7S. The van der Waals surface area contributed by atoms with E-state index in [1.54, 1.807) is 26.8 Å². The molecule has 0 unspecified atom stereocenters. The van der Waals surface area contributed by atoms with Gasteiger partial charge in [0.2, 0.25) is 0 Å². The maximum absolute atomic E-state index is 13.5. The van der Waals surface area contributed by atoms with E-state index < -0.39 is 51.9 Å². The van der Waals surface area contributed by atoms with E-state index in [0.717, 1.165) is 28.6 Å². The van der Waals surface area contributed by atoms with E-state index >= 15 is 0 Å². The maximum Gasteiger partial charge on any atom is 0.314 e. The molecule has 1 aliphatic rings. The molecule has 10 nitrogen and oxygen atoms in total. The first-order chi connectivity index (χ1) is 16.8. The van der Waals surface area contributed by atoms with Crippen LogP contribution in [0.1, 0.15) is 26.3 Å². The van der Waals surface area contributed by atoms with E-state index in [-0.39, 0.29) is 29.3 Å². The molecule has 0 aliphatic carbocycles. The van der Waals surface area contributed by atoms with Crippen molar-refractivity contribution in [3.63, 3.8) is 0 Å². The van der Waals surface area contributed by atoms with Crippen molar-refractivity contribution >= 4 is 33.5 Å². The summed E-state index contributed by atoms with van der Waals surface area (Å²) in [7, 11) is -2.86. The van der Waals surface area contributed by atoms with Crippen LogP contribution in [0.4, 0.5) is 14.9 Å². The third-order valence-electron chi connectivity index (χ3n) is 5.07. The van der Waals surface area contributed by atoms with Gasteiger partial charge in [0.15, 0.2) is 11.9 Å². The Bertz CT molecular complexity index is 1260. The van der Waals surface area contributed by atoms with E-state index in [1.165, 1.54) is 19.2 Å². The first-order valence-electron chi connectivity index (χ1n) is 11.1. The lowest BCUT2D eigenvalue weighted by molar-refractivity contribution is -0.153. The highest BCUT2D eigenvalue weighted by Gasteiger charge is 2.37. The minimum absolute atomic E-state index is 0.0955. The van der Waals surface area contributed by atoms with Gasteiger partial charge in [-0.3, -0.25) is 13.9 Å². The summed E-state index contributed by atoms with van der Waals surface area (Å²) in [6.07, 6.45) is -1.34. The van der Waals surface area contributed by atoms with Crippen LogP contribution >= 0.6 is 0 Å². The summed E-state index contributed by atoms with van der Waals surface area (Å²) in [5.41, 5.74) is -0.108. The Labute approximate surface area is 208 Å². The third kappa shape index (κ3) is 6.51. The predicted octanol–water partition coefficient (Wildman–Crippen LogP) is 2.16. The first kappa shape index (κ1) is 26.9. The molecule has 2 aromatic carbocycles. The number of carbonyl (C=O) groups excluding carboxylic acids is 3. The Hall–Kier alpha value is -3.67. The molecule has 2 amide bonds. The van der Waals surface area contributed by atoms with Crippen molar-refractivity contribution in [3.05, 3.63) is 53.8 Å². The third-order valence-corrected chi connectivity index (χ3v) is 6.87. The van der Waals surface area contributed by atoms with Crippen molar-refractivity contribution in [1.29, 1.82) is 0 Å². The number of amides is 2. The topological polar surface area (TPSA) is 131 Å². The summed E-state index contributed by atoms with van der Waals surface area (Å²) < 4.78 is 52.6. The highest BCUT2D eigenvalue weighted by atomic mass is 32.2. The lowest BCUT2D eigenvalue weighted by Gasteiger charge is -2.35. The van der Waals surface area contributed by atoms with Crippen LogP contribution in [0.3, 0.4) is 0 Å². The molecule has 0 radical (unpaired) electrons. The van der Waals surface area contributed by atoms with Gasteiger partial charge in [-0.15, -0.1) is 0 Å². The molecule has 194 valence electrons. The molecule has 0 saturated heterocycles. The molecule has 0 aromatic heterocycles. The summed E-state index contributed by atoms with van der Waals surface area (Å²) in [5, 5.41) is 4.67. The standard InChI is InChI=1S/C24H28FN3O7S/c1-24(2,3)35-22(30)12-15-5-10-20-18(11-15)28(36(32,33)17-8-6-16(25)7-9-17)14-21(34-20)19(29)13-27-23(31)26-4/h5-11,21H,12-14H2,1-4H3,(H2,26,27,31)/t21-/m1/s1. The number of nitrogens with zero attached hydrogens (tertiary/aromatic N) is 1. The molecule has 2 aromatic rings. The zero-order chi connectivity index (χ0) is 26.7. The van der Waals surface area contributed by atoms with Crippen LogP contribution in [0.15, 0.2) is 47.4 Å². The minimum atomic E-state index is -4.25. The second-order valence-electron chi connectivity index (χ2n) is 9.06. The molecule has 1 atom stereocenters. The number of halogens is 1. The zero-order valence-electron chi connectivity index (χ0n) is 20.3. The van der Waals surface area contributed by atoms with Gasteiger partial charge in [-0.2, -0.15) is 0 Å². The Morgan fingerprint density at radius 3 is 2.42 bits per heavy atom. The number of esters is 1. The van der Waals surface area contributed by atoms with Crippen molar-refractivity contribution in [2.24, 2.45) is 0 Å². The lowest BCUT2D eigenvalue weighted by atomic mass is 10.1. The van der Waals surface area contributed by atoms with Crippen molar-refractivity contribution < 1.29 is 36.7 Å². The van der Waals surface area contributed by atoms with Crippen LogP contribution in [0, 0.1) is 5.82 Å². The summed E-state index contributed by atoms with van der Waals surface area (Å²) in [4.78, 5) is 36.3. The molecule has 0 saturated carbocycles. The average Bonchev–Trinajstić information content (AvgIpc) is 2.80. The van der Waals surface area contributed by atoms with Crippen molar-refractivity contribution in [2.45, 2.75) is 43.8 Å². The zero-order valence-corrected chi connectivity index (χ0v) is 21.1. The summed E-state index contributed by atoms with van der Waals surface area (Å²) >= 11 is 0. The van der Waals surface area contributed by atoms with Gasteiger partial charge < -0.3 is 20.1 Å². The Morgan fingerprint density at radius 2 is 1.81 bits per heavy atom. The van der Waals surface area contributed by atoms with Crippen LogP contribution in [-0.4, -0.2) is 58.0 Å². The van der Waals surface area contributed by atoms with E-state index in [9.17, 15) is 27.2 Å². The minimum Gasteiger partial charge on any atom is -0.478 e. The van der Waals surface area contributed by atoms with Gasteiger partial charge in [-0.25, -0.2) is 17.6 Å². The molecule has 36 heavy (non-hydrogen) atoms. The van der Waals surface area contributed by atoms with Crippen molar-refractivity contribution in [2.75, 3.05) is 24.4 Å². The van der Waals surface area contributed by atoms with Crippen LogP contribution < -0.4 is 19.7 Å². The number of carbonyl (C=O) groups is 3. The fourth-order valence-corrected chi connectivity index (χ4v) is 4.92. The highest BCUT2D eigenvalue weighted by Crippen LogP contribution is 2.38. The maximum atomic E-state index is 13.5. The highest BCUT2D eigenvalue weighted by molar-refractivity contribution is 7.92. The number of ether oxygens (including phenoxy) is 2. The second-order valence-corrected chi connectivity index (χ2v) is 10.9. The Morgan fingerprint density at radius 1 is 1.14 bits per heavy atom. The molecule has 2 N–H and O–H groups in total. The molecule has 0 fully saturated rings. The molecule has 3 rings (SSSR count). The van der Waals surface area contributed by atoms with E-state index in [2.05, 4.69) is 10.6 Å². The summed E-state index contributed by atoms with van der Waals surface area (Å²) in [5.74, 6) is -1.57. The second kappa shape index (κ2) is 10.5. The van der Waals surface area contributed by atoms with E-state index in [0.29, 0.717) is 5.56 Å². The van der Waals surface area contributed by atoms with Crippen LogP contribution in [0.5, 0.6) is 5.75 Å². The van der Waals surface area contributed by atoms with Gasteiger partial charge in [0.1, 0.15) is 17.2 Å². The average molecular weight is 522 g/mol. The summed E-state index contributed by atoms with van der Waals surface area (Å²) in [6.45, 7) is 4.42. The number of nitrogens with one attached hydrogen (secondary N) is 2. The number of rotatable bonds is 7. The smallest absolute Gasteiger partial charge is 0.314 e. The summed E-state index contributed by atoms with van der Waals surface area (Å²) in [6, 6.07) is 8.20. The molecule has 0 spiro atoms. The number of urea groups is 1. The van der Waals surface area contributed by atoms with Crippen molar-refractivity contribution in [1.82, 2.24) is 10.6 Å². The molecule has 1 aliphatic heterocycles. The fraction of sp³-hybridized carbons (Fsp3) is 0.375. The number of Topliss-reactive ketones (excluding diaryl/α,β-unsaturated/α-hetero) is 1. The van der Waals surface area contributed by atoms with Gasteiger partial charge in [-0.1, -0.05) is 6.07 Å². The molecule has 0 bridgehead atoms. The largest absolute Gasteiger partial charge is 0.478 e. The number of ketones is 1. The molecule has 1 heterocycles. The molecule has 12 heteroatoms. The lowest BCUT2D eigenvalue weighted by Crippen LogP contribution is -2.50. The van der Waals surface area contributed by atoms with Crippen LogP contribution in [0.25, 0.3) is 0 Å². The Balaban J connectivity index is 1.97. The van der Waals surface area contributed by atoms with Crippen molar-refractivity contribution in [3.8, 4) is 5.75 Å². The monoisotopic (exact) mass is 521 g/mol. The van der Waals surface area contributed by atoms with Gasteiger partial charge in [0.05, 0.1) is 30.1 Å². The number of anilines is 1. The fourth-order valence-electron chi connectivity index (χ4n) is 3.45. The predicted molar refractivity (Wildman–Crippen MR) is 129 cm³/mol. The quantitative estimate of drug-likeness (QED) is 0.534. The number of hydrogen-bond donors (Lipinski definition) is 2. The van der Waals surface area contributed by atoms with E-state index in [1.807, 2.05) is 0 Å². The van der Waals surface area contributed by atoms with Crippen LogP contribution in [-0.2, 0) is 30.8 Å². The van der Waals surface area contributed by atoms with E-state index in [4.69, 9.17) is 9.47 Å². The van der Waals surface area contributed by atoms with Gasteiger partial charge >= 0.3 is 12.0 Å². The van der Waals surface area contributed by atoms with Gasteiger partial charge in [0, 0.05) is 7.05 Å². The van der Waals surface area contributed by atoms with Gasteiger partial charge in [0.25, 0.3) is 10.0 Å². The normalized spacial score (nSPS) is 15.4. The number of fused-ring (bicyclic) bond motifs is 1. The van der Waals surface area contributed by atoms with Crippen LogP contribution in [0.2, 0.25) is 0 Å². The first-order valence-corrected chi connectivity index (χ1v) is 12.5. The number of benzene rings is 2. The number of sulfonamides is 1. The molecular weight excluding hydrogens is 493 g/mol. The van der Waals surface area contributed by atoms with Gasteiger partial charge in [-0.05, 0) is 62.7 Å². The number of hydrogen-bond acceptors (Lipinski definition) is 7. The SMILES string of the molecule is CNC(=O)NCC(=O)[C@H]1CN(S(=O)(=O)c2ccc(F)cc2)c2cc(CC(=O)OC(C)(C)C)ccc2O1. The Kier molecular flexibility index (Phi) is 7.87.